The first-order valence-corrected chi connectivity index (χ1v) is 8.05. The van der Waals surface area contributed by atoms with Crippen LogP contribution >= 0.6 is 0 Å². The number of hydrogen-bond donors (Lipinski definition) is 1. The zero-order valence-electron chi connectivity index (χ0n) is 12.8. The molecule has 0 saturated carbocycles. The van der Waals surface area contributed by atoms with Gasteiger partial charge in [-0.25, -0.2) is 0 Å². The molecule has 1 N–H and O–H groups in total. The number of aryl methyl sites for hydroxylation is 1. The molecule has 1 unspecified atom stereocenters. The van der Waals surface area contributed by atoms with E-state index in [0.29, 0.717) is 18.4 Å². The van der Waals surface area contributed by atoms with E-state index in [-0.39, 0.29) is 0 Å². The van der Waals surface area contributed by atoms with Gasteiger partial charge < -0.3 is 15.1 Å². The highest BCUT2D eigenvalue weighted by Gasteiger charge is 2.24. The van der Waals surface area contributed by atoms with Crippen molar-refractivity contribution in [3.05, 3.63) is 29.8 Å². The molecule has 2 aliphatic rings. The van der Waals surface area contributed by atoms with E-state index in [0.717, 1.165) is 39.1 Å². The summed E-state index contributed by atoms with van der Waals surface area (Å²) in [7, 11) is 0. The standard InChI is InChI=1S/C17H25N3O/c1-14-4-2-6-16(12-14)19-8-10-20(11-9-19)17(21)13-15-5-3-7-18-15/h2,4,6,12,15,18H,3,5,7-11,13H2,1H3. The van der Waals surface area contributed by atoms with Gasteiger partial charge >= 0.3 is 0 Å². The van der Waals surface area contributed by atoms with Crippen molar-refractivity contribution < 1.29 is 4.79 Å². The summed E-state index contributed by atoms with van der Waals surface area (Å²) in [6.07, 6.45) is 3.03. The summed E-state index contributed by atoms with van der Waals surface area (Å²) in [6.45, 7) is 6.76. The van der Waals surface area contributed by atoms with E-state index in [1.165, 1.54) is 17.7 Å². The molecule has 3 rings (SSSR count). The van der Waals surface area contributed by atoms with Crippen molar-refractivity contribution in [2.24, 2.45) is 0 Å². The average Bonchev–Trinajstić information content (AvgIpc) is 3.00. The van der Waals surface area contributed by atoms with Crippen LogP contribution in [0.3, 0.4) is 0 Å². The molecule has 0 aromatic heterocycles. The Kier molecular flexibility index (Phi) is 4.44. The predicted molar refractivity (Wildman–Crippen MR) is 85.6 cm³/mol. The molecule has 1 aromatic carbocycles. The Morgan fingerprint density at radius 2 is 2.10 bits per heavy atom. The molecule has 4 heteroatoms. The average molecular weight is 287 g/mol. The molecular weight excluding hydrogens is 262 g/mol. The summed E-state index contributed by atoms with van der Waals surface area (Å²) in [4.78, 5) is 16.7. The number of amides is 1. The number of hydrogen-bond acceptors (Lipinski definition) is 3. The lowest BCUT2D eigenvalue weighted by Gasteiger charge is -2.36. The van der Waals surface area contributed by atoms with Crippen LogP contribution in [0, 0.1) is 6.92 Å². The zero-order valence-corrected chi connectivity index (χ0v) is 12.8. The van der Waals surface area contributed by atoms with E-state index in [1.54, 1.807) is 0 Å². The Balaban J connectivity index is 1.51. The summed E-state index contributed by atoms with van der Waals surface area (Å²) in [5.74, 6) is 0.318. The zero-order chi connectivity index (χ0) is 14.7. The highest BCUT2D eigenvalue weighted by atomic mass is 16.2. The minimum Gasteiger partial charge on any atom is -0.368 e. The molecule has 1 amide bonds. The van der Waals surface area contributed by atoms with E-state index < -0.39 is 0 Å². The highest BCUT2D eigenvalue weighted by Crippen LogP contribution is 2.18. The van der Waals surface area contributed by atoms with Crippen LogP contribution in [-0.2, 0) is 4.79 Å². The molecule has 1 atom stereocenters. The maximum atomic E-state index is 12.3. The van der Waals surface area contributed by atoms with Crippen LogP contribution in [0.2, 0.25) is 0 Å². The molecule has 0 radical (unpaired) electrons. The van der Waals surface area contributed by atoms with Gasteiger partial charge in [-0.2, -0.15) is 0 Å². The number of piperazine rings is 1. The maximum Gasteiger partial charge on any atom is 0.224 e. The Labute approximate surface area is 127 Å². The lowest BCUT2D eigenvalue weighted by atomic mass is 10.1. The maximum absolute atomic E-state index is 12.3. The number of nitrogens with one attached hydrogen (secondary N) is 1. The minimum atomic E-state index is 0.318. The van der Waals surface area contributed by atoms with Gasteiger partial charge in [-0.05, 0) is 44.0 Å². The van der Waals surface area contributed by atoms with Crippen LogP contribution < -0.4 is 10.2 Å². The number of benzene rings is 1. The van der Waals surface area contributed by atoms with Crippen molar-refractivity contribution in [1.29, 1.82) is 0 Å². The third-order valence-electron chi connectivity index (χ3n) is 4.58. The van der Waals surface area contributed by atoms with Crippen molar-refractivity contribution in [1.82, 2.24) is 10.2 Å². The first-order valence-electron chi connectivity index (χ1n) is 8.05. The summed E-state index contributed by atoms with van der Waals surface area (Å²) in [6, 6.07) is 9.02. The molecule has 1 aromatic rings. The van der Waals surface area contributed by atoms with Crippen molar-refractivity contribution in [3.8, 4) is 0 Å². The summed E-state index contributed by atoms with van der Waals surface area (Å²) in [5, 5.41) is 3.41. The molecule has 4 nitrogen and oxygen atoms in total. The molecule has 0 bridgehead atoms. The highest BCUT2D eigenvalue weighted by molar-refractivity contribution is 5.77. The topological polar surface area (TPSA) is 35.6 Å². The second-order valence-corrected chi connectivity index (χ2v) is 6.20. The van der Waals surface area contributed by atoms with Gasteiger partial charge in [0.15, 0.2) is 0 Å². The first kappa shape index (κ1) is 14.4. The monoisotopic (exact) mass is 287 g/mol. The van der Waals surface area contributed by atoms with Gasteiger partial charge in [-0.1, -0.05) is 12.1 Å². The van der Waals surface area contributed by atoms with E-state index >= 15 is 0 Å². The van der Waals surface area contributed by atoms with Gasteiger partial charge in [0.25, 0.3) is 0 Å². The Bertz CT molecular complexity index is 489. The first-order chi connectivity index (χ1) is 10.2. The second-order valence-electron chi connectivity index (χ2n) is 6.20. The molecule has 2 saturated heterocycles. The summed E-state index contributed by atoms with van der Waals surface area (Å²) < 4.78 is 0. The molecule has 2 fully saturated rings. The van der Waals surface area contributed by atoms with Gasteiger partial charge in [0.1, 0.15) is 0 Å². The van der Waals surface area contributed by atoms with E-state index in [9.17, 15) is 4.79 Å². The second kappa shape index (κ2) is 6.48. The van der Waals surface area contributed by atoms with Crippen molar-refractivity contribution in [2.45, 2.75) is 32.2 Å². The fourth-order valence-electron chi connectivity index (χ4n) is 3.31. The molecule has 0 spiro atoms. The minimum absolute atomic E-state index is 0.318. The SMILES string of the molecule is Cc1cccc(N2CCN(C(=O)CC3CCCN3)CC2)c1. The molecule has 2 aliphatic heterocycles. The van der Waals surface area contributed by atoms with Gasteiger partial charge in [0.2, 0.25) is 5.91 Å². The van der Waals surface area contributed by atoms with Crippen LogP contribution in [0.25, 0.3) is 0 Å². The smallest absolute Gasteiger partial charge is 0.224 e. The summed E-state index contributed by atoms with van der Waals surface area (Å²) in [5.41, 5.74) is 2.57. The fraction of sp³-hybridized carbons (Fsp3) is 0.588. The van der Waals surface area contributed by atoms with Gasteiger partial charge in [-0.3, -0.25) is 4.79 Å². The molecular formula is C17H25N3O. The quantitative estimate of drug-likeness (QED) is 0.920. The number of carbonyl (C=O) groups is 1. The van der Waals surface area contributed by atoms with E-state index in [2.05, 4.69) is 41.4 Å². The molecule has 2 heterocycles. The Morgan fingerprint density at radius 3 is 2.76 bits per heavy atom. The molecule has 114 valence electrons. The van der Waals surface area contributed by atoms with Crippen molar-refractivity contribution >= 4 is 11.6 Å². The van der Waals surface area contributed by atoms with Gasteiger partial charge in [-0.15, -0.1) is 0 Å². The lowest BCUT2D eigenvalue weighted by molar-refractivity contribution is -0.131. The van der Waals surface area contributed by atoms with Crippen LogP contribution in [0.15, 0.2) is 24.3 Å². The number of rotatable bonds is 3. The van der Waals surface area contributed by atoms with Crippen molar-refractivity contribution in [2.75, 3.05) is 37.6 Å². The van der Waals surface area contributed by atoms with Gasteiger partial charge in [0.05, 0.1) is 0 Å². The van der Waals surface area contributed by atoms with Crippen LogP contribution in [0.4, 0.5) is 5.69 Å². The lowest BCUT2D eigenvalue weighted by Crippen LogP contribution is -2.49. The fourth-order valence-corrected chi connectivity index (χ4v) is 3.31. The normalized spacial score (nSPS) is 22.6. The van der Waals surface area contributed by atoms with E-state index in [4.69, 9.17) is 0 Å². The number of carbonyl (C=O) groups excluding carboxylic acids is 1. The molecule has 0 aliphatic carbocycles. The van der Waals surface area contributed by atoms with E-state index in [1.807, 2.05) is 4.90 Å². The van der Waals surface area contributed by atoms with Crippen molar-refractivity contribution in [3.63, 3.8) is 0 Å². The van der Waals surface area contributed by atoms with Crippen LogP contribution in [0.1, 0.15) is 24.8 Å². The largest absolute Gasteiger partial charge is 0.368 e. The van der Waals surface area contributed by atoms with Crippen LogP contribution in [-0.4, -0.2) is 49.6 Å². The third-order valence-corrected chi connectivity index (χ3v) is 4.58. The number of anilines is 1. The Hall–Kier alpha value is -1.55. The predicted octanol–water partition coefficient (Wildman–Crippen LogP) is 1.79. The summed E-state index contributed by atoms with van der Waals surface area (Å²) >= 11 is 0. The van der Waals surface area contributed by atoms with Gasteiger partial charge in [0, 0.05) is 44.3 Å². The number of nitrogens with zero attached hydrogens (tertiary/aromatic N) is 2. The Morgan fingerprint density at radius 1 is 1.29 bits per heavy atom. The van der Waals surface area contributed by atoms with Crippen LogP contribution in [0.5, 0.6) is 0 Å². The molecule has 21 heavy (non-hydrogen) atoms. The third kappa shape index (κ3) is 3.56.